The topological polar surface area (TPSA) is 54.9 Å². The number of hydrogen-bond donors (Lipinski definition) is 1. The fourth-order valence-corrected chi connectivity index (χ4v) is 1.48. The number of nitrogens with zero attached hydrogens (tertiary/aromatic N) is 2. The van der Waals surface area contributed by atoms with Gasteiger partial charge in [0.15, 0.2) is 0 Å². The van der Waals surface area contributed by atoms with Crippen LogP contribution in [0.1, 0.15) is 16.1 Å². The highest BCUT2D eigenvalue weighted by molar-refractivity contribution is 6.29. The van der Waals surface area contributed by atoms with Gasteiger partial charge in [0.1, 0.15) is 10.8 Å². The van der Waals surface area contributed by atoms with E-state index in [0.717, 1.165) is 5.56 Å². The lowest BCUT2D eigenvalue weighted by molar-refractivity contribution is 0.102. The minimum absolute atomic E-state index is 0.278. The van der Waals surface area contributed by atoms with Crippen molar-refractivity contribution in [3.63, 3.8) is 0 Å². The Labute approximate surface area is 104 Å². The van der Waals surface area contributed by atoms with Crippen molar-refractivity contribution in [2.24, 2.45) is 0 Å². The summed E-state index contributed by atoms with van der Waals surface area (Å²) in [6.45, 7) is 1.89. The van der Waals surface area contributed by atoms with Crippen molar-refractivity contribution in [3.05, 3.63) is 53.1 Å². The van der Waals surface area contributed by atoms with E-state index in [0.29, 0.717) is 10.8 Å². The van der Waals surface area contributed by atoms with Crippen molar-refractivity contribution in [3.8, 4) is 0 Å². The summed E-state index contributed by atoms with van der Waals surface area (Å²) >= 11 is 5.72. The van der Waals surface area contributed by atoms with Crippen LogP contribution in [-0.4, -0.2) is 15.9 Å². The molecule has 2 heterocycles. The standard InChI is InChI=1S/C12H10ClN3O/c1-8-5-6-14-7-10(8)16-12(17)9-3-2-4-11(13)15-9/h2-7H,1H3,(H,16,17). The number of rotatable bonds is 2. The first kappa shape index (κ1) is 11.5. The van der Waals surface area contributed by atoms with Crippen LogP contribution in [0, 0.1) is 6.92 Å². The molecule has 0 fully saturated rings. The predicted octanol–water partition coefficient (Wildman–Crippen LogP) is 2.69. The fraction of sp³-hybridized carbons (Fsp3) is 0.0833. The Kier molecular flexibility index (Phi) is 3.35. The van der Waals surface area contributed by atoms with E-state index in [1.807, 2.05) is 13.0 Å². The summed E-state index contributed by atoms with van der Waals surface area (Å²) in [5, 5.41) is 3.02. The van der Waals surface area contributed by atoms with E-state index in [2.05, 4.69) is 15.3 Å². The molecule has 0 aliphatic carbocycles. The number of pyridine rings is 2. The van der Waals surface area contributed by atoms with Crippen LogP contribution in [0.15, 0.2) is 36.7 Å². The van der Waals surface area contributed by atoms with Gasteiger partial charge in [0.25, 0.3) is 5.91 Å². The van der Waals surface area contributed by atoms with Crippen molar-refractivity contribution >= 4 is 23.2 Å². The Morgan fingerprint density at radius 2 is 2.18 bits per heavy atom. The number of carbonyl (C=O) groups is 1. The number of carbonyl (C=O) groups excluding carboxylic acids is 1. The summed E-state index contributed by atoms with van der Waals surface area (Å²) in [6, 6.07) is 6.72. The third kappa shape index (κ3) is 2.79. The molecule has 5 heteroatoms. The first-order chi connectivity index (χ1) is 8.16. The molecule has 2 rings (SSSR count). The molecule has 0 aliphatic heterocycles. The molecule has 2 aromatic rings. The monoisotopic (exact) mass is 247 g/mol. The van der Waals surface area contributed by atoms with Gasteiger partial charge in [0.05, 0.1) is 11.9 Å². The lowest BCUT2D eigenvalue weighted by Crippen LogP contribution is -2.14. The van der Waals surface area contributed by atoms with E-state index in [9.17, 15) is 4.79 Å². The highest BCUT2D eigenvalue weighted by Gasteiger charge is 2.09. The van der Waals surface area contributed by atoms with Crippen molar-refractivity contribution in [2.75, 3.05) is 5.32 Å². The normalized spacial score (nSPS) is 10.0. The lowest BCUT2D eigenvalue weighted by Gasteiger charge is -2.06. The van der Waals surface area contributed by atoms with Gasteiger partial charge >= 0.3 is 0 Å². The van der Waals surface area contributed by atoms with Gasteiger partial charge in [-0.2, -0.15) is 0 Å². The molecule has 0 radical (unpaired) electrons. The molecular formula is C12H10ClN3O. The zero-order valence-corrected chi connectivity index (χ0v) is 9.90. The second-order valence-corrected chi connectivity index (χ2v) is 3.88. The molecule has 0 atom stereocenters. The number of halogens is 1. The third-order valence-electron chi connectivity index (χ3n) is 2.24. The molecule has 86 valence electrons. The molecule has 0 aromatic carbocycles. The van der Waals surface area contributed by atoms with Crippen LogP contribution in [0.5, 0.6) is 0 Å². The highest BCUT2D eigenvalue weighted by Crippen LogP contribution is 2.13. The molecule has 4 nitrogen and oxygen atoms in total. The first-order valence-corrected chi connectivity index (χ1v) is 5.39. The van der Waals surface area contributed by atoms with E-state index < -0.39 is 0 Å². The smallest absolute Gasteiger partial charge is 0.274 e. The van der Waals surface area contributed by atoms with E-state index in [1.165, 1.54) is 0 Å². The summed E-state index contributed by atoms with van der Waals surface area (Å²) in [4.78, 5) is 19.7. The molecule has 0 saturated carbocycles. The molecule has 0 bridgehead atoms. The average Bonchev–Trinajstić information content (AvgIpc) is 2.32. The number of aromatic nitrogens is 2. The predicted molar refractivity (Wildman–Crippen MR) is 66.2 cm³/mol. The first-order valence-electron chi connectivity index (χ1n) is 5.01. The summed E-state index contributed by atoms with van der Waals surface area (Å²) in [5.41, 5.74) is 1.88. The Bertz CT molecular complexity index is 557. The Morgan fingerprint density at radius 1 is 1.35 bits per heavy atom. The quantitative estimate of drug-likeness (QED) is 0.830. The minimum Gasteiger partial charge on any atom is -0.319 e. The summed E-state index contributed by atoms with van der Waals surface area (Å²) in [5.74, 6) is -0.302. The van der Waals surface area contributed by atoms with Crippen LogP contribution in [0.2, 0.25) is 5.15 Å². The zero-order chi connectivity index (χ0) is 12.3. The van der Waals surface area contributed by atoms with Gasteiger partial charge < -0.3 is 5.32 Å². The molecular weight excluding hydrogens is 238 g/mol. The van der Waals surface area contributed by atoms with Crippen molar-refractivity contribution in [2.45, 2.75) is 6.92 Å². The SMILES string of the molecule is Cc1ccncc1NC(=O)c1cccc(Cl)n1. The molecule has 0 aliphatic rings. The van der Waals surface area contributed by atoms with Gasteiger partial charge in [-0.1, -0.05) is 17.7 Å². The third-order valence-corrected chi connectivity index (χ3v) is 2.45. The number of anilines is 1. The second-order valence-electron chi connectivity index (χ2n) is 3.49. The van der Waals surface area contributed by atoms with Gasteiger partial charge in [-0.15, -0.1) is 0 Å². The molecule has 17 heavy (non-hydrogen) atoms. The molecule has 0 unspecified atom stereocenters. The van der Waals surface area contributed by atoms with Crippen LogP contribution in [0.4, 0.5) is 5.69 Å². The molecule has 1 N–H and O–H groups in total. The van der Waals surface area contributed by atoms with Crippen LogP contribution >= 0.6 is 11.6 Å². The molecule has 2 aromatic heterocycles. The fourth-order valence-electron chi connectivity index (χ4n) is 1.32. The number of nitrogens with one attached hydrogen (secondary N) is 1. The van der Waals surface area contributed by atoms with Crippen LogP contribution < -0.4 is 5.32 Å². The van der Waals surface area contributed by atoms with Crippen molar-refractivity contribution < 1.29 is 4.79 Å². The van der Waals surface area contributed by atoms with Gasteiger partial charge in [0, 0.05) is 6.20 Å². The van der Waals surface area contributed by atoms with Crippen LogP contribution in [0.25, 0.3) is 0 Å². The minimum atomic E-state index is -0.302. The van der Waals surface area contributed by atoms with Gasteiger partial charge in [0.2, 0.25) is 0 Å². The highest BCUT2D eigenvalue weighted by atomic mass is 35.5. The maximum absolute atomic E-state index is 11.9. The number of hydrogen-bond acceptors (Lipinski definition) is 3. The lowest BCUT2D eigenvalue weighted by atomic mass is 10.2. The Hall–Kier alpha value is -1.94. The molecule has 0 spiro atoms. The average molecular weight is 248 g/mol. The van der Waals surface area contributed by atoms with Gasteiger partial charge in [-0.3, -0.25) is 9.78 Å². The number of aryl methyl sites for hydroxylation is 1. The summed E-state index contributed by atoms with van der Waals surface area (Å²) < 4.78 is 0. The second kappa shape index (κ2) is 4.93. The molecule has 0 saturated heterocycles. The van der Waals surface area contributed by atoms with Crippen molar-refractivity contribution in [1.82, 2.24) is 9.97 Å². The zero-order valence-electron chi connectivity index (χ0n) is 9.14. The van der Waals surface area contributed by atoms with E-state index in [4.69, 9.17) is 11.6 Å². The van der Waals surface area contributed by atoms with E-state index in [-0.39, 0.29) is 11.6 Å². The van der Waals surface area contributed by atoms with Crippen molar-refractivity contribution in [1.29, 1.82) is 0 Å². The Morgan fingerprint density at radius 3 is 2.88 bits per heavy atom. The van der Waals surface area contributed by atoms with Crippen LogP contribution in [0.3, 0.4) is 0 Å². The van der Waals surface area contributed by atoms with E-state index in [1.54, 1.807) is 30.6 Å². The summed E-state index contributed by atoms with van der Waals surface area (Å²) in [7, 11) is 0. The molecule has 1 amide bonds. The van der Waals surface area contributed by atoms with Gasteiger partial charge in [-0.05, 0) is 30.7 Å². The van der Waals surface area contributed by atoms with Gasteiger partial charge in [-0.25, -0.2) is 4.98 Å². The number of amides is 1. The maximum Gasteiger partial charge on any atom is 0.274 e. The summed E-state index contributed by atoms with van der Waals surface area (Å²) in [6.07, 6.45) is 3.26. The maximum atomic E-state index is 11.9. The Balaban J connectivity index is 2.20. The largest absolute Gasteiger partial charge is 0.319 e. The van der Waals surface area contributed by atoms with E-state index >= 15 is 0 Å². The van der Waals surface area contributed by atoms with Crippen LogP contribution in [-0.2, 0) is 0 Å².